The Hall–Kier alpha value is -1.40. The molecule has 0 heterocycles. The summed E-state index contributed by atoms with van der Waals surface area (Å²) in [5.74, 6) is -1.29. The number of rotatable bonds is 6. The highest BCUT2D eigenvalue weighted by Gasteiger charge is 2.32. The molecule has 2 atom stereocenters. The minimum atomic E-state index is -3.57. The average Bonchev–Trinajstić information content (AvgIpc) is 2.88. The van der Waals surface area contributed by atoms with Crippen molar-refractivity contribution in [3.8, 4) is 0 Å². The molecule has 1 fully saturated rings. The van der Waals surface area contributed by atoms with Crippen molar-refractivity contribution in [2.75, 3.05) is 0 Å². The lowest BCUT2D eigenvalue weighted by Crippen LogP contribution is -2.33. The molecule has 6 heteroatoms. The van der Waals surface area contributed by atoms with Gasteiger partial charge in [0, 0.05) is 6.04 Å². The van der Waals surface area contributed by atoms with Crippen molar-refractivity contribution in [1.82, 2.24) is 4.72 Å². The Morgan fingerprint density at radius 3 is 2.48 bits per heavy atom. The number of hydrogen-bond donors (Lipinski definition) is 2. The zero-order chi connectivity index (χ0) is 15.5. The van der Waals surface area contributed by atoms with Crippen molar-refractivity contribution in [2.45, 2.75) is 50.0 Å². The summed E-state index contributed by atoms with van der Waals surface area (Å²) in [6.45, 7) is 2.07. The number of aryl methyl sites for hydroxylation is 1. The number of carboxylic acids is 1. The summed E-state index contributed by atoms with van der Waals surface area (Å²) in [6.07, 6.45) is 3.41. The van der Waals surface area contributed by atoms with Crippen LogP contribution in [0.15, 0.2) is 29.2 Å². The van der Waals surface area contributed by atoms with Gasteiger partial charge in [-0.1, -0.05) is 25.5 Å². The first kappa shape index (κ1) is 16.0. The van der Waals surface area contributed by atoms with E-state index in [1.807, 2.05) is 12.1 Å². The van der Waals surface area contributed by atoms with Crippen LogP contribution in [-0.4, -0.2) is 25.5 Å². The second kappa shape index (κ2) is 6.58. The van der Waals surface area contributed by atoms with Crippen LogP contribution in [0.3, 0.4) is 0 Å². The number of carbonyl (C=O) groups is 1. The predicted octanol–water partition coefficient (Wildman–Crippen LogP) is 2.17. The SMILES string of the molecule is CCCc1ccc(S(=O)(=O)N[C@H]2CC[C@@H](C(=O)O)C2)cc1. The molecule has 0 aromatic heterocycles. The van der Waals surface area contributed by atoms with Crippen LogP contribution in [0.2, 0.25) is 0 Å². The maximum absolute atomic E-state index is 12.3. The quantitative estimate of drug-likeness (QED) is 0.843. The van der Waals surface area contributed by atoms with Gasteiger partial charge in [0.1, 0.15) is 0 Å². The molecule has 1 aliphatic rings. The van der Waals surface area contributed by atoms with Gasteiger partial charge in [-0.2, -0.15) is 0 Å². The zero-order valence-corrected chi connectivity index (χ0v) is 12.9. The Labute approximate surface area is 125 Å². The van der Waals surface area contributed by atoms with Gasteiger partial charge in [-0.05, 0) is 43.4 Å². The third kappa shape index (κ3) is 4.04. The van der Waals surface area contributed by atoms with Gasteiger partial charge in [0.25, 0.3) is 0 Å². The standard InChI is InChI=1S/C15H21NO4S/c1-2-3-11-4-8-14(9-5-11)21(19,20)16-13-7-6-12(10-13)15(17)18/h4-5,8-9,12-13,16H,2-3,6-7,10H2,1H3,(H,17,18)/t12-,13+/m1/s1. The molecule has 0 unspecified atom stereocenters. The van der Waals surface area contributed by atoms with Crippen LogP contribution in [0.1, 0.15) is 38.2 Å². The molecule has 0 amide bonds. The number of sulfonamides is 1. The van der Waals surface area contributed by atoms with Gasteiger partial charge in [-0.3, -0.25) is 4.79 Å². The molecule has 1 saturated carbocycles. The van der Waals surface area contributed by atoms with E-state index in [2.05, 4.69) is 11.6 Å². The van der Waals surface area contributed by atoms with Crippen molar-refractivity contribution < 1.29 is 18.3 Å². The third-order valence-corrected chi connectivity index (χ3v) is 5.41. The lowest BCUT2D eigenvalue weighted by Gasteiger charge is -2.13. The minimum Gasteiger partial charge on any atom is -0.481 e. The Balaban J connectivity index is 2.03. The topological polar surface area (TPSA) is 83.5 Å². The first-order chi connectivity index (χ1) is 9.92. The van der Waals surface area contributed by atoms with E-state index in [4.69, 9.17) is 5.11 Å². The van der Waals surface area contributed by atoms with Crippen LogP contribution < -0.4 is 4.72 Å². The molecule has 0 bridgehead atoms. The van der Waals surface area contributed by atoms with Crippen LogP contribution in [0.4, 0.5) is 0 Å². The number of hydrogen-bond acceptors (Lipinski definition) is 3. The molecule has 0 radical (unpaired) electrons. The second-order valence-corrected chi connectivity index (χ2v) is 7.27. The maximum Gasteiger partial charge on any atom is 0.306 e. The zero-order valence-electron chi connectivity index (χ0n) is 12.1. The first-order valence-electron chi connectivity index (χ1n) is 7.26. The van der Waals surface area contributed by atoms with E-state index in [9.17, 15) is 13.2 Å². The highest BCUT2D eigenvalue weighted by atomic mass is 32.2. The molecule has 2 rings (SSSR count). The summed E-state index contributed by atoms with van der Waals surface area (Å²) < 4.78 is 27.2. The summed E-state index contributed by atoms with van der Waals surface area (Å²) in [5, 5.41) is 8.95. The molecule has 116 valence electrons. The van der Waals surface area contributed by atoms with Crippen molar-refractivity contribution >= 4 is 16.0 Å². The van der Waals surface area contributed by atoms with Crippen LogP contribution in [-0.2, 0) is 21.2 Å². The fraction of sp³-hybridized carbons (Fsp3) is 0.533. The normalized spacial score (nSPS) is 22.3. The average molecular weight is 311 g/mol. The molecule has 5 nitrogen and oxygen atoms in total. The van der Waals surface area contributed by atoms with Gasteiger partial charge >= 0.3 is 5.97 Å². The molecule has 0 aliphatic heterocycles. The Kier molecular flexibility index (Phi) is 5.00. The fourth-order valence-corrected chi connectivity index (χ4v) is 4.01. The van der Waals surface area contributed by atoms with Gasteiger partial charge < -0.3 is 5.11 Å². The monoisotopic (exact) mass is 311 g/mol. The molecule has 2 N–H and O–H groups in total. The summed E-state index contributed by atoms with van der Waals surface area (Å²) in [7, 11) is -3.57. The highest BCUT2D eigenvalue weighted by Crippen LogP contribution is 2.27. The Morgan fingerprint density at radius 2 is 1.95 bits per heavy atom. The molecule has 1 aromatic rings. The van der Waals surface area contributed by atoms with E-state index < -0.39 is 21.9 Å². The van der Waals surface area contributed by atoms with Gasteiger partial charge in [0.15, 0.2) is 0 Å². The lowest BCUT2D eigenvalue weighted by molar-refractivity contribution is -0.141. The van der Waals surface area contributed by atoms with Crippen LogP contribution >= 0.6 is 0 Å². The molecule has 0 saturated heterocycles. The molecule has 0 spiro atoms. The Morgan fingerprint density at radius 1 is 1.29 bits per heavy atom. The number of aliphatic carboxylic acids is 1. The largest absolute Gasteiger partial charge is 0.481 e. The predicted molar refractivity (Wildman–Crippen MR) is 79.5 cm³/mol. The van der Waals surface area contributed by atoms with E-state index >= 15 is 0 Å². The lowest BCUT2D eigenvalue weighted by atomic mass is 10.1. The van der Waals surface area contributed by atoms with E-state index in [0.29, 0.717) is 19.3 Å². The minimum absolute atomic E-state index is 0.237. The summed E-state index contributed by atoms with van der Waals surface area (Å²) >= 11 is 0. The smallest absolute Gasteiger partial charge is 0.306 e. The van der Waals surface area contributed by atoms with E-state index in [1.54, 1.807) is 12.1 Å². The van der Waals surface area contributed by atoms with Crippen molar-refractivity contribution in [3.05, 3.63) is 29.8 Å². The molecular formula is C15H21NO4S. The van der Waals surface area contributed by atoms with Crippen LogP contribution in [0, 0.1) is 5.92 Å². The van der Waals surface area contributed by atoms with Crippen molar-refractivity contribution in [3.63, 3.8) is 0 Å². The summed E-state index contributed by atoms with van der Waals surface area (Å²) in [4.78, 5) is 11.1. The van der Waals surface area contributed by atoms with E-state index in [-0.39, 0.29) is 10.9 Å². The molecule has 1 aliphatic carbocycles. The fourth-order valence-electron chi connectivity index (χ4n) is 2.72. The van der Waals surface area contributed by atoms with E-state index in [1.165, 1.54) is 0 Å². The van der Waals surface area contributed by atoms with Gasteiger partial charge in [0.05, 0.1) is 10.8 Å². The Bertz CT molecular complexity index is 595. The summed E-state index contributed by atoms with van der Waals surface area (Å²) in [5.41, 5.74) is 1.11. The second-order valence-electron chi connectivity index (χ2n) is 5.56. The van der Waals surface area contributed by atoms with Crippen LogP contribution in [0.25, 0.3) is 0 Å². The van der Waals surface area contributed by atoms with Crippen molar-refractivity contribution in [2.24, 2.45) is 5.92 Å². The summed E-state index contributed by atoms with van der Waals surface area (Å²) in [6, 6.07) is 6.58. The van der Waals surface area contributed by atoms with Gasteiger partial charge in [0.2, 0.25) is 10.0 Å². The molecule has 21 heavy (non-hydrogen) atoms. The number of carboxylic acid groups (broad SMARTS) is 1. The molecular weight excluding hydrogens is 290 g/mol. The van der Waals surface area contributed by atoms with Crippen molar-refractivity contribution in [1.29, 1.82) is 0 Å². The van der Waals surface area contributed by atoms with E-state index in [0.717, 1.165) is 18.4 Å². The van der Waals surface area contributed by atoms with Gasteiger partial charge in [-0.15, -0.1) is 0 Å². The maximum atomic E-state index is 12.3. The molecule has 1 aromatic carbocycles. The van der Waals surface area contributed by atoms with Crippen LogP contribution in [0.5, 0.6) is 0 Å². The highest BCUT2D eigenvalue weighted by molar-refractivity contribution is 7.89. The number of benzene rings is 1. The third-order valence-electron chi connectivity index (χ3n) is 3.88. The van der Waals surface area contributed by atoms with Gasteiger partial charge in [-0.25, -0.2) is 13.1 Å². The number of nitrogens with one attached hydrogen (secondary N) is 1. The first-order valence-corrected chi connectivity index (χ1v) is 8.74.